The molecule has 0 amide bonds. The van der Waals surface area contributed by atoms with Crippen molar-refractivity contribution in [2.24, 2.45) is 0 Å². The lowest BCUT2D eigenvalue weighted by Crippen LogP contribution is -2.31. The lowest BCUT2D eigenvalue weighted by molar-refractivity contribution is 0.107. The highest BCUT2D eigenvalue weighted by atomic mass is 16.5. The largest absolute Gasteiger partial charge is 0.381 e. The highest BCUT2D eigenvalue weighted by Gasteiger charge is 2.24. The molecule has 2 rings (SSSR count). The molecular weight excluding hydrogens is 224 g/mol. The van der Waals surface area contributed by atoms with Gasteiger partial charge in [0.05, 0.1) is 18.1 Å². The summed E-state index contributed by atoms with van der Waals surface area (Å²) in [7, 11) is 1.77. The average Bonchev–Trinajstić information content (AvgIpc) is 2.89. The lowest BCUT2D eigenvalue weighted by atomic mass is 10.0. The first-order valence-corrected chi connectivity index (χ1v) is 6.54. The molecule has 0 radical (unpaired) electrons. The van der Waals surface area contributed by atoms with Gasteiger partial charge in [-0.1, -0.05) is 30.3 Å². The molecule has 1 aliphatic carbocycles. The zero-order valence-corrected chi connectivity index (χ0v) is 10.8. The molecule has 0 spiro atoms. The molecule has 3 unspecified atom stereocenters. The minimum absolute atomic E-state index is 0.0622. The van der Waals surface area contributed by atoms with Crippen molar-refractivity contribution in [3.8, 4) is 6.07 Å². The molecule has 3 nitrogen and oxygen atoms in total. The first-order chi connectivity index (χ1) is 8.83. The lowest BCUT2D eigenvalue weighted by Gasteiger charge is -2.16. The van der Waals surface area contributed by atoms with E-state index in [4.69, 9.17) is 4.74 Å². The first kappa shape index (κ1) is 13.1. The van der Waals surface area contributed by atoms with Crippen LogP contribution in [0.15, 0.2) is 30.3 Å². The number of rotatable bonds is 5. The molecule has 0 aromatic heterocycles. The second-order valence-corrected chi connectivity index (χ2v) is 4.87. The second-order valence-electron chi connectivity index (χ2n) is 4.87. The maximum atomic E-state index is 9.24. The number of nitrogens with zero attached hydrogens (tertiary/aromatic N) is 1. The molecule has 1 saturated carbocycles. The van der Waals surface area contributed by atoms with Crippen LogP contribution in [-0.2, 0) is 4.74 Å². The van der Waals surface area contributed by atoms with Gasteiger partial charge in [-0.2, -0.15) is 5.26 Å². The van der Waals surface area contributed by atoms with Gasteiger partial charge in [0.2, 0.25) is 0 Å². The maximum absolute atomic E-state index is 9.24. The molecule has 1 N–H and O–H groups in total. The van der Waals surface area contributed by atoms with Crippen LogP contribution in [0, 0.1) is 11.3 Å². The van der Waals surface area contributed by atoms with Crippen LogP contribution < -0.4 is 5.32 Å². The number of nitrogens with one attached hydrogen (secondary N) is 1. The van der Waals surface area contributed by atoms with Crippen LogP contribution in [0.4, 0.5) is 0 Å². The van der Waals surface area contributed by atoms with E-state index in [0.717, 1.165) is 31.4 Å². The topological polar surface area (TPSA) is 45.0 Å². The molecule has 0 heterocycles. The fraction of sp³-hybridized carbons (Fsp3) is 0.533. The standard InChI is InChI=1S/C15H20N2O/c1-18-15-8-7-14(9-15)17-11-13(10-16)12-5-3-2-4-6-12/h2-6,13-15,17H,7-9,11H2,1H3. The Morgan fingerprint density at radius 2 is 2.17 bits per heavy atom. The van der Waals surface area contributed by atoms with Crippen molar-refractivity contribution in [2.45, 2.75) is 37.3 Å². The number of hydrogen-bond donors (Lipinski definition) is 1. The third-order valence-electron chi connectivity index (χ3n) is 3.69. The average molecular weight is 244 g/mol. The number of nitriles is 1. The summed E-state index contributed by atoms with van der Waals surface area (Å²) < 4.78 is 5.35. The predicted octanol–water partition coefficient (Wildman–Crippen LogP) is 2.45. The third-order valence-corrected chi connectivity index (χ3v) is 3.69. The Morgan fingerprint density at radius 1 is 1.39 bits per heavy atom. The molecule has 18 heavy (non-hydrogen) atoms. The van der Waals surface area contributed by atoms with Gasteiger partial charge in [0.1, 0.15) is 0 Å². The molecule has 0 saturated heterocycles. The summed E-state index contributed by atoms with van der Waals surface area (Å²) in [6.45, 7) is 0.724. The molecule has 0 aliphatic heterocycles. The maximum Gasteiger partial charge on any atom is 0.0837 e. The summed E-state index contributed by atoms with van der Waals surface area (Å²) in [5.41, 5.74) is 1.09. The van der Waals surface area contributed by atoms with Gasteiger partial charge in [0, 0.05) is 19.7 Å². The van der Waals surface area contributed by atoms with Gasteiger partial charge in [0.25, 0.3) is 0 Å². The van der Waals surface area contributed by atoms with Gasteiger partial charge in [-0.3, -0.25) is 0 Å². The number of ether oxygens (including phenoxy) is 1. The molecule has 1 aliphatic rings. The molecule has 1 aromatic carbocycles. The van der Waals surface area contributed by atoms with Crippen molar-refractivity contribution in [3.63, 3.8) is 0 Å². The van der Waals surface area contributed by atoms with Gasteiger partial charge < -0.3 is 10.1 Å². The van der Waals surface area contributed by atoms with E-state index >= 15 is 0 Å². The van der Waals surface area contributed by atoms with Crippen molar-refractivity contribution in [3.05, 3.63) is 35.9 Å². The van der Waals surface area contributed by atoms with E-state index in [1.165, 1.54) is 0 Å². The van der Waals surface area contributed by atoms with Crippen molar-refractivity contribution in [2.75, 3.05) is 13.7 Å². The van der Waals surface area contributed by atoms with E-state index in [9.17, 15) is 5.26 Å². The van der Waals surface area contributed by atoms with E-state index in [1.54, 1.807) is 7.11 Å². The summed E-state index contributed by atoms with van der Waals surface area (Å²) >= 11 is 0. The predicted molar refractivity (Wildman–Crippen MR) is 71.2 cm³/mol. The summed E-state index contributed by atoms with van der Waals surface area (Å²) in [5, 5.41) is 12.7. The van der Waals surface area contributed by atoms with Crippen molar-refractivity contribution >= 4 is 0 Å². The van der Waals surface area contributed by atoms with E-state index < -0.39 is 0 Å². The van der Waals surface area contributed by atoms with Gasteiger partial charge in [-0.15, -0.1) is 0 Å². The van der Waals surface area contributed by atoms with Crippen LogP contribution >= 0.6 is 0 Å². The highest BCUT2D eigenvalue weighted by Crippen LogP contribution is 2.22. The fourth-order valence-corrected chi connectivity index (χ4v) is 2.55. The molecule has 1 aromatic rings. The second kappa shape index (κ2) is 6.53. The Hall–Kier alpha value is -1.37. The van der Waals surface area contributed by atoms with Crippen molar-refractivity contribution in [1.29, 1.82) is 5.26 Å². The molecule has 1 fully saturated rings. The van der Waals surface area contributed by atoms with Crippen LogP contribution in [0.2, 0.25) is 0 Å². The monoisotopic (exact) mass is 244 g/mol. The Balaban J connectivity index is 1.84. The van der Waals surface area contributed by atoms with Crippen LogP contribution in [0.5, 0.6) is 0 Å². The van der Waals surface area contributed by atoms with E-state index in [-0.39, 0.29) is 5.92 Å². The smallest absolute Gasteiger partial charge is 0.0837 e. The Bertz CT molecular complexity index is 399. The Labute approximate surface area is 109 Å². The van der Waals surface area contributed by atoms with Crippen LogP contribution in [0.3, 0.4) is 0 Å². The van der Waals surface area contributed by atoms with E-state index in [2.05, 4.69) is 11.4 Å². The minimum atomic E-state index is -0.0622. The zero-order chi connectivity index (χ0) is 12.8. The van der Waals surface area contributed by atoms with Crippen molar-refractivity contribution < 1.29 is 4.74 Å². The molecule has 0 bridgehead atoms. The van der Waals surface area contributed by atoms with E-state index in [1.807, 2.05) is 30.3 Å². The van der Waals surface area contributed by atoms with Crippen LogP contribution in [0.1, 0.15) is 30.7 Å². The van der Waals surface area contributed by atoms with Gasteiger partial charge in [-0.05, 0) is 24.8 Å². The minimum Gasteiger partial charge on any atom is -0.381 e. The van der Waals surface area contributed by atoms with Crippen molar-refractivity contribution in [1.82, 2.24) is 5.32 Å². The Morgan fingerprint density at radius 3 is 2.78 bits per heavy atom. The number of benzene rings is 1. The fourth-order valence-electron chi connectivity index (χ4n) is 2.55. The van der Waals surface area contributed by atoms with Crippen LogP contribution in [-0.4, -0.2) is 25.8 Å². The molecule has 3 heteroatoms. The van der Waals surface area contributed by atoms with Gasteiger partial charge >= 0.3 is 0 Å². The van der Waals surface area contributed by atoms with Gasteiger partial charge in [-0.25, -0.2) is 0 Å². The summed E-state index contributed by atoms with van der Waals surface area (Å²) in [4.78, 5) is 0. The van der Waals surface area contributed by atoms with Gasteiger partial charge in [0.15, 0.2) is 0 Å². The number of methoxy groups -OCH3 is 1. The summed E-state index contributed by atoms with van der Waals surface area (Å²) in [5.74, 6) is -0.0622. The summed E-state index contributed by atoms with van der Waals surface area (Å²) in [6, 6.07) is 12.8. The first-order valence-electron chi connectivity index (χ1n) is 6.54. The summed E-state index contributed by atoms with van der Waals surface area (Å²) in [6.07, 6.45) is 3.71. The Kier molecular flexibility index (Phi) is 4.74. The van der Waals surface area contributed by atoms with E-state index in [0.29, 0.717) is 12.1 Å². The SMILES string of the molecule is COC1CCC(NCC(C#N)c2ccccc2)C1. The molecular formula is C15H20N2O. The molecule has 96 valence electrons. The normalized spacial score (nSPS) is 24.7. The third kappa shape index (κ3) is 3.32. The quantitative estimate of drug-likeness (QED) is 0.865. The molecule has 3 atom stereocenters. The number of hydrogen-bond acceptors (Lipinski definition) is 3. The van der Waals surface area contributed by atoms with Crippen LogP contribution in [0.25, 0.3) is 0 Å². The zero-order valence-electron chi connectivity index (χ0n) is 10.8. The highest BCUT2D eigenvalue weighted by molar-refractivity contribution is 5.25.